The number of Topliss-reactive ketones (excluding diaryl/α,β-unsaturated/α-hetero) is 1. The summed E-state index contributed by atoms with van der Waals surface area (Å²) in [6.45, 7) is 4.20. The largest absolute Gasteiger partial charge is 0.454 e. The van der Waals surface area contributed by atoms with E-state index >= 15 is 0 Å². The third-order valence-corrected chi connectivity index (χ3v) is 6.96. The average Bonchev–Trinajstić information content (AvgIpc) is 3.54. The van der Waals surface area contributed by atoms with Crippen molar-refractivity contribution in [1.29, 1.82) is 0 Å². The Morgan fingerprint density at radius 3 is 2.44 bits per heavy atom. The van der Waals surface area contributed by atoms with Crippen molar-refractivity contribution >= 4 is 17.4 Å². The first-order chi connectivity index (χ1) is 16.5. The fourth-order valence-corrected chi connectivity index (χ4v) is 4.54. The predicted octanol–water partition coefficient (Wildman–Crippen LogP) is 5.97. The molecule has 5 nitrogen and oxygen atoms in total. The minimum Gasteiger partial charge on any atom is -0.454 e. The van der Waals surface area contributed by atoms with Gasteiger partial charge in [0.25, 0.3) is 0 Å². The van der Waals surface area contributed by atoms with Gasteiger partial charge in [-0.15, -0.1) is 0 Å². The van der Waals surface area contributed by atoms with E-state index in [1.807, 2.05) is 43.3 Å². The lowest BCUT2D eigenvalue weighted by Gasteiger charge is -2.17. The summed E-state index contributed by atoms with van der Waals surface area (Å²) in [7, 11) is 0. The average molecular weight is 456 g/mol. The molecule has 0 spiro atoms. The summed E-state index contributed by atoms with van der Waals surface area (Å²) in [5.41, 5.74) is 5.73. The van der Waals surface area contributed by atoms with Crippen LogP contribution in [0.5, 0.6) is 11.5 Å². The highest BCUT2D eigenvalue weighted by molar-refractivity contribution is 6.02. The number of carbonyl (C=O) groups is 2. The molecule has 1 aliphatic heterocycles. The van der Waals surface area contributed by atoms with E-state index in [-0.39, 0.29) is 18.5 Å². The molecule has 0 unspecified atom stereocenters. The van der Waals surface area contributed by atoms with Crippen LogP contribution in [0.25, 0.3) is 11.1 Å². The zero-order valence-corrected chi connectivity index (χ0v) is 19.6. The number of fused-ring (bicyclic) bond motifs is 1. The van der Waals surface area contributed by atoms with Crippen LogP contribution in [0, 0.1) is 6.92 Å². The quantitative estimate of drug-likeness (QED) is 0.454. The van der Waals surface area contributed by atoms with Gasteiger partial charge in [-0.25, -0.2) is 0 Å². The van der Waals surface area contributed by atoms with Crippen LogP contribution in [-0.2, 0) is 21.4 Å². The number of ether oxygens (including phenoxy) is 2. The molecular formula is C29H29NO4. The van der Waals surface area contributed by atoms with E-state index in [2.05, 4.69) is 36.5 Å². The van der Waals surface area contributed by atoms with Gasteiger partial charge in [0.2, 0.25) is 12.7 Å². The van der Waals surface area contributed by atoms with Gasteiger partial charge in [-0.3, -0.25) is 9.59 Å². The normalized spacial score (nSPS) is 15.1. The highest BCUT2D eigenvalue weighted by Gasteiger charge is 2.51. The molecular weight excluding hydrogens is 426 g/mol. The summed E-state index contributed by atoms with van der Waals surface area (Å²) in [5, 5.41) is 3.15. The topological polar surface area (TPSA) is 64.6 Å². The second-order valence-electron chi connectivity index (χ2n) is 9.22. The summed E-state index contributed by atoms with van der Waals surface area (Å²) in [5.74, 6) is 1.73. The van der Waals surface area contributed by atoms with E-state index in [9.17, 15) is 9.59 Å². The van der Waals surface area contributed by atoms with E-state index in [4.69, 9.17) is 9.47 Å². The van der Waals surface area contributed by atoms with Gasteiger partial charge in [-0.1, -0.05) is 43.3 Å². The van der Waals surface area contributed by atoms with Crippen molar-refractivity contribution in [1.82, 2.24) is 0 Å². The molecule has 2 aliphatic rings. The molecule has 1 aliphatic carbocycles. The number of carbonyl (C=O) groups excluding carboxylic acids is 2. The van der Waals surface area contributed by atoms with Crippen LogP contribution in [0.15, 0.2) is 60.7 Å². The zero-order chi connectivity index (χ0) is 23.7. The van der Waals surface area contributed by atoms with E-state index in [0.717, 1.165) is 58.5 Å². The Hall–Kier alpha value is -3.60. The number of anilines is 1. The number of nitrogens with one attached hydrogen (secondary N) is 1. The third-order valence-electron chi connectivity index (χ3n) is 6.96. The second kappa shape index (κ2) is 8.98. The third kappa shape index (κ3) is 4.30. The molecule has 0 bridgehead atoms. The van der Waals surface area contributed by atoms with Crippen LogP contribution in [0.1, 0.15) is 49.3 Å². The van der Waals surface area contributed by atoms with E-state index in [0.29, 0.717) is 18.6 Å². The molecule has 5 rings (SSSR count). The second-order valence-corrected chi connectivity index (χ2v) is 9.22. The maximum atomic E-state index is 13.3. The van der Waals surface area contributed by atoms with Gasteiger partial charge in [0.1, 0.15) is 5.78 Å². The van der Waals surface area contributed by atoms with Crippen LogP contribution in [0.3, 0.4) is 0 Å². The number of benzene rings is 3. The van der Waals surface area contributed by atoms with Crippen LogP contribution >= 0.6 is 0 Å². The Labute approximate surface area is 200 Å². The number of ketones is 1. The molecule has 1 fully saturated rings. The van der Waals surface area contributed by atoms with Gasteiger partial charge in [-0.05, 0) is 78.3 Å². The molecule has 1 amide bonds. The number of hydrogen-bond acceptors (Lipinski definition) is 4. The Bertz CT molecular complexity index is 1240. The lowest BCUT2D eigenvalue weighted by Crippen LogP contribution is -2.27. The molecule has 3 aromatic rings. The first-order valence-electron chi connectivity index (χ1n) is 11.9. The Morgan fingerprint density at radius 1 is 0.941 bits per heavy atom. The van der Waals surface area contributed by atoms with Crippen molar-refractivity contribution in [2.45, 2.75) is 51.4 Å². The van der Waals surface area contributed by atoms with Crippen LogP contribution < -0.4 is 14.8 Å². The highest BCUT2D eigenvalue weighted by Crippen LogP contribution is 2.51. The molecule has 1 N–H and O–H groups in total. The molecule has 174 valence electrons. The Balaban J connectivity index is 1.32. The number of aryl methyl sites for hydroxylation is 2. The minimum absolute atomic E-state index is 0.0112. The number of hydrogen-bond donors (Lipinski definition) is 1. The van der Waals surface area contributed by atoms with Gasteiger partial charge >= 0.3 is 0 Å². The van der Waals surface area contributed by atoms with Gasteiger partial charge in [0.05, 0.1) is 5.41 Å². The molecule has 0 aromatic heterocycles. The molecule has 1 saturated carbocycles. The smallest absolute Gasteiger partial charge is 0.235 e. The highest BCUT2D eigenvalue weighted by atomic mass is 16.7. The lowest BCUT2D eigenvalue weighted by molar-refractivity contribution is -0.119. The number of amides is 1. The SMILES string of the molecule is CCC(=O)CCc1ccc(-c2cc(NC(=O)C3(c4ccc5c(c4)OCO5)CC3)ccc2C)cc1. The van der Waals surface area contributed by atoms with E-state index < -0.39 is 5.41 Å². The molecule has 3 aromatic carbocycles. The van der Waals surface area contributed by atoms with E-state index in [1.54, 1.807) is 0 Å². The monoisotopic (exact) mass is 455 g/mol. The van der Waals surface area contributed by atoms with Crippen LogP contribution in [0.2, 0.25) is 0 Å². The fraction of sp³-hybridized carbons (Fsp3) is 0.310. The van der Waals surface area contributed by atoms with E-state index in [1.165, 1.54) is 0 Å². The molecule has 0 saturated heterocycles. The molecule has 5 heteroatoms. The van der Waals surface area contributed by atoms with Gasteiger partial charge < -0.3 is 14.8 Å². The standard InChI is InChI=1S/C29H29NO4/c1-3-24(31)12-7-20-5-8-21(9-6-20)25-17-23(11-4-19(25)2)30-28(32)29(14-15-29)22-10-13-26-27(16-22)34-18-33-26/h4-6,8-11,13,16-17H,3,7,12,14-15,18H2,1-2H3,(H,30,32). The molecule has 1 heterocycles. The van der Waals surface area contributed by atoms with Crippen molar-refractivity contribution < 1.29 is 19.1 Å². The Kier molecular flexibility index (Phi) is 5.86. The molecule has 0 atom stereocenters. The first-order valence-corrected chi connectivity index (χ1v) is 11.9. The first kappa shape index (κ1) is 22.2. The maximum absolute atomic E-state index is 13.3. The van der Waals surface area contributed by atoms with Crippen molar-refractivity contribution in [2.24, 2.45) is 0 Å². The van der Waals surface area contributed by atoms with Crippen molar-refractivity contribution in [3.8, 4) is 22.6 Å². The summed E-state index contributed by atoms with van der Waals surface area (Å²) in [6, 6.07) is 20.2. The fourth-order valence-electron chi connectivity index (χ4n) is 4.54. The van der Waals surface area contributed by atoms with Gasteiger partial charge in [0.15, 0.2) is 11.5 Å². The number of rotatable bonds is 8. The predicted molar refractivity (Wildman–Crippen MR) is 132 cm³/mol. The van der Waals surface area contributed by atoms with Crippen LogP contribution in [0.4, 0.5) is 5.69 Å². The maximum Gasteiger partial charge on any atom is 0.235 e. The van der Waals surface area contributed by atoms with Crippen LogP contribution in [-0.4, -0.2) is 18.5 Å². The lowest BCUT2D eigenvalue weighted by atomic mass is 9.94. The zero-order valence-electron chi connectivity index (χ0n) is 19.6. The van der Waals surface area contributed by atoms with Crippen molar-refractivity contribution in [2.75, 3.05) is 12.1 Å². The summed E-state index contributed by atoms with van der Waals surface area (Å²) in [6.07, 6.45) is 3.58. The summed E-state index contributed by atoms with van der Waals surface area (Å²) in [4.78, 5) is 24.9. The summed E-state index contributed by atoms with van der Waals surface area (Å²) >= 11 is 0. The summed E-state index contributed by atoms with van der Waals surface area (Å²) < 4.78 is 10.9. The minimum atomic E-state index is -0.510. The van der Waals surface area contributed by atoms with Gasteiger partial charge in [-0.2, -0.15) is 0 Å². The van der Waals surface area contributed by atoms with Crippen molar-refractivity contribution in [3.63, 3.8) is 0 Å². The molecule has 34 heavy (non-hydrogen) atoms. The van der Waals surface area contributed by atoms with Crippen molar-refractivity contribution in [3.05, 3.63) is 77.4 Å². The molecule has 0 radical (unpaired) electrons. The Morgan fingerprint density at radius 2 is 1.71 bits per heavy atom. The van der Waals surface area contributed by atoms with Gasteiger partial charge in [0, 0.05) is 18.5 Å².